The second kappa shape index (κ2) is 6.13. The highest BCUT2D eigenvalue weighted by molar-refractivity contribution is 7.99. The van der Waals surface area contributed by atoms with Gasteiger partial charge < -0.3 is 10.6 Å². The summed E-state index contributed by atoms with van der Waals surface area (Å²) in [6, 6.07) is 0. The lowest BCUT2D eigenvalue weighted by Gasteiger charge is -2.27. The molecule has 6 heteroatoms. The standard InChI is InChI=1S/C13H22N4S2/c1-13(2,3)11-16-10(9-19-11)8-15-12(14)17-4-6-18-7-5-17/h9H,4-8H2,1-3H3,(H2,14,15). The second-order valence-electron chi connectivity index (χ2n) is 5.67. The molecule has 0 aliphatic carbocycles. The van der Waals surface area contributed by atoms with Crippen molar-refractivity contribution in [3.8, 4) is 0 Å². The van der Waals surface area contributed by atoms with Crippen LogP contribution >= 0.6 is 23.1 Å². The first-order chi connectivity index (χ1) is 8.97. The predicted molar refractivity (Wildman–Crippen MR) is 85.0 cm³/mol. The molecule has 1 aliphatic rings. The van der Waals surface area contributed by atoms with E-state index in [0.717, 1.165) is 35.3 Å². The number of hydrogen-bond donors (Lipinski definition) is 1. The van der Waals surface area contributed by atoms with Crippen LogP contribution in [0.4, 0.5) is 0 Å². The molecule has 4 nitrogen and oxygen atoms in total. The van der Waals surface area contributed by atoms with Crippen LogP contribution < -0.4 is 5.73 Å². The summed E-state index contributed by atoms with van der Waals surface area (Å²) in [5, 5.41) is 3.24. The van der Waals surface area contributed by atoms with Gasteiger partial charge in [0.15, 0.2) is 5.96 Å². The quantitative estimate of drug-likeness (QED) is 0.672. The van der Waals surface area contributed by atoms with E-state index in [1.165, 1.54) is 0 Å². The van der Waals surface area contributed by atoms with Crippen molar-refractivity contribution in [2.75, 3.05) is 24.6 Å². The van der Waals surface area contributed by atoms with Crippen LogP contribution in [-0.4, -0.2) is 40.4 Å². The van der Waals surface area contributed by atoms with Crippen molar-refractivity contribution in [3.63, 3.8) is 0 Å². The molecule has 1 aromatic rings. The molecule has 0 radical (unpaired) electrons. The number of thiazole rings is 1. The molecule has 2 N–H and O–H groups in total. The molecule has 1 aromatic heterocycles. The average molecular weight is 298 g/mol. The molecular weight excluding hydrogens is 276 g/mol. The number of guanidine groups is 1. The average Bonchev–Trinajstić information content (AvgIpc) is 2.86. The van der Waals surface area contributed by atoms with E-state index in [9.17, 15) is 0 Å². The van der Waals surface area contributed by atoms with Gasteiger partial charge in [0.25, 0.3) is 0 Å². The van der Waals surface area contributed by atoms with Crippen LogP contribution in [0.3, 0.4) is 0 Å². The van der Waals surface area contributed by atoms with Gasteiger partial charge in [-0.05, 0) is 0 Å². The van der Waals surface area contributed by atoms with Gasteiger partial charge in [-0.25, -0.2) is 9.98 Å². The lowest BCUT2D eigenvalue weighted by atomic mass is 9.98. The lowest BCUT2D eigenvalue weighted by Crippen LogP contribution is -2.42. The molecule has 1 fully saturated rings. The highest BCUT2D eigenvalue weighted by Gasteiger charge is 2.18. The van der Waals surface area contributed by atoms with Crippen molar-refractivity contribution >= 4 is 29.1 Å². The van der Waals surface area contributed by atoms with Gasteiger partial charge in [0, 0.05) is 35.4 Å². The van der Waals surface area contributed by atoms with Gasteiger partial charge >= 0.3 is 0 Å². The summed E-state index contributed by atoms with van der Waals surface area (Å²) in [6.07, 6.45) is 0. The number of aliphatic imine (C=N–C) groups is 1. The third kappa shape index (κ3) is 4.11. The summed E-state index contributed by atoms with van der Waals surface area (Å²) in [6.45, 7) is 9.13. The fraction of sp³-hybridized carbons (Fsp3) is 0.692. The Kier molecular flexibility index (Phi) is 4.73. The predicted octanol–water partition coefficient (Wildman–Crippen LogP) is 2.30. The Balaban J connectivity index is 1.95. The number of aromatic nitrogens is 1. The molecule has 0 amide bonds. The van der Waals surface area contributed by atoms with Gasteiger partial charge in [-0.1, -0.05) is 20.8 Å². The molecule has 0 spiro atoms. The maximum absolute atomic E-state index is 6.03. The topological polar surface area (TPSA) is 54.5 Å². The number of nitrogens with zero attached hydrogens (tertiary/aromatic N) is 3. The zero-order valence-corrected chi connectivity index (χ0v) is 13.5. The molecule has 2 rings (SSSR count). The first-order valence-corrected chi connectivity index (χ1v) is 8.58. The van der Waals surface area contributed by atoms with Crippen molar-refractivity contribution in [2.24, 2.45) is 10.7 Å². The van der Waals surface area contributed by atoms with E-state index in [2.05, 4.69) is 41.0 Å². The normalized spacial score (nSPS) is 17.8. The Labute approximate surface area is 123 Å². The fourth-order valence-electron chi connectivity index (χ4n) is 1.78. The minimum Gasteiger partial charge on any atom is -0.370 e. The Bertz CT molecular complexity index is 442. The highest BCUT2D eigenvalue weighted by Crippen LogP contribution is 2.25. The first kappa shape index (κ1) is 14.7. The molecule has 0 bridgehead atoms. The summed E-state index contributed by atoms with van der Waals surface area (Å²) in [4.78, 5) is 11.3. The summed E-state index contributed by atoms with van der Waals surface area (Å²) in [7, 11) is 0. The Hall–Kier alpha value is -0.750. The fourth-order valence-corrected chi connectivity index (χ4v) is 3.58. The Morgan fingerprint density at radius 2 is 2.11 bits per heavy atom. The van der Waals surface area contributed by atoms with Gasteiger partial charge in [-0.3, -0.25) is 0 Å². The van der Waals surface area contributed by atoms with E-state index in [1.54, 1.807) is 11.3 Å². The van der Waals surface area contributed by atoms with Gasteiger partial charge in [0.1, 0.15) is 0 Å². The SMILES string of the molecule is CC(C)(C)c1nc(CN=C(N)N2CCSCC2)cs1. The van der Waals surface area contributed by atoms with Gasteiger partial charge in [0.05, 0.1) is 17.2 Å². The number of hydrogen-bond acceptors (Lipinski definition) is 4. The largest absolute Gasteiger partial charge is 0.370 e. The van der Waals surface area contributed by atoms with Crippen LogP contribution in [-0.2, 0) is 12.0 Å². The minimum atomic E-state index is 0.113. The molecule has 0 aromatic carbocycles. The summed E-state index contributed by atoms with van der Waals surface area (Å²) in [5.41, 5.74) is 7.16. The van der Waals surface area contributed by atoms with E-state index < -0.39 is 0 Å². The van der Waals surface area contributed by atoms with Gasteiger partial charge in [-0.15, -0.1) is 11.3 Å². The smallest absolute Gasteiger partial charge is 0.191 e. The summed E-state index contributed by atoms with van der Waals surface area (Å²) < 4.78 is 0. The van der Waals surface area contributed by atoms with E-state index in [0.29, 0.717) is 12.5 Å². The van der Waals surface area contributed by atoms with Crippen LogP contribution in [0.15, 0.2) is 10.4 Å². The number of nitrogens with two attached hydrogens (primary N) is 1. The van der Waals surface area contributed by atoms with Crippen molar-refractivity contribution in [3.05, 3.63) is 16.1 Å². The summed E-state index contributed by atoms with van der Waals surface area (Å²) >= 11 is 3.68. The molecule has 0 saturated carbocycles. The highest BCUT2D eigenvalue weighted by atomic mass is 32.2. The minimum absolute atomic E-state index is 0.113. The molecule has 106 valence electrons. The van der Waals surface area contributed by atoms with Crippen LogP contribution in [0, 0.1) is 0 Å². The Morgan fingerprint density at radius 3 is 2.68 bits per heavy atom. The maximum atomic E-state index is 6.03. The monoisotopic (exact) mass is 298 g/mol. The van der Waals surface area contributed by atoms with Crippen molar-refractivity contribution in [1.29, 1.82) is 0 Å². The zero-order valence-electron chi connectivity index (χ0n) is 11.8. The van der Waals surface area contributed by atoms with Crippen LogP contribution in [0.25, 0.3) is 0 Å². The molecule has 1 saturated heterocycles. The zero-order chi connectivity index (χ0) is 13.9. The molecular formula is C13H22N4S2. The van der Waals surface area contributed by atoms with Crippen molar-refractivity contribution < 1.29 is 0 Å². The first-order valence-electron chi connectivity index (χ1n) is 6.54. The van der Waals surface area contributed by atoms with Crippen molar-refractivity contribution in [1.82, 2.24) is 9.88 Å². The third-order valence-corrected chi connectivity index (χ3v) is 5.19. The van der Waals surface area contributed by atoms with Gasteiger partial charge in [-0.2, -0.15) is 11.8 Å². The molecule has 1 aliphatic heterocycles. The van der Waals surface area contributed by atoms with Crippen LogP contribution in [0.5, 0.6) is 0 Å². The maximum Gasteiger partial charge on any atom is 0.191 e. The van der Waals surface area contributed by atoms with Crippen molar-refractivity contribution in [2.45, 2.75) is 32.7 Å². The number of rotatable bonds is 2. The Morgan fingerprint density at radius 1 is 1.42 bits per heavy atom. The molecule has 0 atom stereocenters. The third-order valence-electron chi connectivity index (χ3n) is 2.93. The number of thioether (sulfide) groups is 1. The van der Waals surface area contributed by atoms with Crippen LogP contribution in [0.1, 0.15) is 31.5 Å². The summed E-state index contributed by atoms with van der Waals surface area (Å²) in [5.74, 6) is 2.94. The molecule has 19 heavy (non-hydrogen) atoms. The molecule has 2 heterocycles. The molecule has 0 unspecified atom stereocenters. The van der Waals surface area contributed by atoms with E-state index in [4.69, 9.17) is 5.73 Å². The van der Waals surface area contributed by atoms with Gasteiger partial charge in [0.2, 0.25) is 0 Å². The van der Waals surface area contributed by atoms with E-state index in [1.807, 2.05) is 11.8 Å². The van der Waals surface area contributed by atoms with Crippen LogP contribution in [0.2, 0.25) is 0 Å². The van der Waals surface area contributed by atoms with E-state index >= 15 is 0 Å². The van der Waals surface area contributed by atoms with E-state index in [-0.39, 0.29) is 5.41 Å². The lowest BCUT2D eigenvalue weighted by molar-refractivity contribution is 0.455. The second-order valence-corrected chi connectivity index (χ2v) is 7.75.